The zero-order valence-corrected chi connectivity index (χ0v) is 18.5. The molecule has 3 fully saturated rings. The molecule has 0 aromatic rings. The molecule has 2 N–H and O–H groups in total. The summed E-state index contributed by atoms with van der Waals surface area (Å²) in [7, 11) is 0. The third-order valence-electron chi connectivity index (χ3n) is 4.85. The standard InChI is InChI=1S/C11H17N3O4.C8H13N3O4/c1-4-5-15-10-9-8(17-11(2,3)18-9)7(6-16-10)13-14-12;1-2-3-14-8-7(13)6(12)5(4-15-8)10-11-9/h4,7-10H,1,5-6H2,2-3H3;2,5-8,12-13H,1,3-4H2/t7-,8-,9-,10-;5-,6-,7-,8-/m00/s1. The van der Waals surface area contributed by atoms with E-state index in [1.54, 1.807) is 6.08 Å². The lowest BCUT2D eigenvalue weighted by Crippen LogP contribution is -2.53. The summed E-state index contributed by atoms with van der Waals surface area (Å²) in [6.45, 7) is 11.5. The zero-order valence-electron chi connectivity index (χ0n) is 18.5. The van der Waals surface area contributed by atoms with Crippen molar-refractivity contribution in [2.75, 3.05) is 26.4 Å². The zero-order chi connectivity index (χ0) is 24.4. The van der Waals surface area contributed by atoms with Crippen LogP contribution in [0.1, 0.15) is 13.8 Å². The van der Waals surface area contributed by atoms with E-state index in [4.69, 9.17) is 39.5 Å². The van der Waals surface area contributed by atoms with Gasteiger partial charge in [-0.3, -0.25) is 0 Å². The summed E-state index contributed by atoms with van der Waals surface area (Å²) in [6.07, 6.45) is -1.45. The van der Waals surface area contributed by atoms with Gasteiger partial charge in [0.25, 0.3) is 0 Å². The third kappa shape index (κ3) is 7.39. The summed E-state index contributed by atoms with van der Waals surface area (Å²) in [5, 5.41) is 26.1. The summed E-state index contributed by atoms with van der Waals surface area (Å²) in [5.74, 6) is -0.734. The topological polar surface area (TPSA) is 193 Å². The smallest absolute Gasteiger partial charge is 0.186 e. The van der Waals surface area contributed by atoms with E-state index in [9.17, 15) is 10.2 Å². The van der Waals surface area contributed by atoms with Gasteiger partial charge in [0.1, 0.15) is 18.3 Å². The van der Waals surface area contributed by atoms with Gasteiger partial charge in [-0.2, -0.15) is 0 Å². The monoisotopic (exact) mass is 470 g/mol. The lowest BCUT2D eigenvalue weighted by atomic mass is 10.0. The van der Waals surface area contributed by atoms with E-state index >= 15 is 0 Å². The van der Waals surface area contributed by atoms with Crippen LogP contribution >= 0.6 is 0 Å². The first-order valence-corrected chi connectivity index (χ1v) is 10.3. The molecule has 3 aliphatic rings. The summed E-state index contributed by atoms with van der Waals surface area (Å²) < 4.78 is 32.6. The van der Waals surface area contributed by atoms with Gasteiger partial charge in [0, 0.05) is 9.82 Å². The molecule has 0 amide bonds. The fraction of sp³-hybridized carbons (Fsp3) is 0.789. The number of fused-ring (bicyclic) bond motifs is 1. The van der Waals surface area contributed by atoms with E-state index in [1.165, 1.54) is 6.08 Å². The summed E-state index contributed by atoms with van der Waals surface area (Å²) in [4.78, 5) is 5.36. The average molecular weight is 470 g/mol. The Balaban J connectivity index is 0.000000238. The molecule has 8 atom stereocenters. The van der Waals surface area contributed by atoms with Crippen molar-refractivity contribution in [1.82, 2.24) is 0 Å². The predicted molar refractivity (Wildman–Crippen MR) is 113 cm³/mol. The molecule has 0 aromatic heterocycles. The fourth-order valence-electron chi connectivity index (χ4n) is 3.44. The largest absolute Gasteiger partial charge is 0.390 e. The van der Waals surface area contributed by atoms with Gasteiger partial charge >= 0.3 is 0 Å². The van der Waals surface area contributed by atoms with E-state index in [0.717, 1.165) is 0 Å². The molecule has 0 aliphatic carbocycles. The van der Waals surface area contributed by atoms with Crippen LogP contribution in [0.3, 0.4) is 0 Å². The molecule has 3 saturated heterocycles. The minimum absolute atomic E-state index is 0.0180. The van der Waals surface area contributed by atoms with Gasteiger partial charge in [-0.15, -0.1) is 13.2 Å². The van der Waals surface area contributed by atoms with Crippen LogP contribution < -0.4 is 0 Å². The number of hydrogen-bond donors (Lipinski definition) is 2. The van der Waals surface area contributed by atoms with Crippen LogP contribution in [-0.4, -0.2) is 91.5 Å². The normalized spacial score (nSPS) is 36.7. The van der Waals surface area contributed by atoms with Crippen molar-refractivity contribution in [3.05, 3.63) is 46.2 Å². The molecule has 33 heavy (non-hydrogen) atoms. The van der Waals surface area contributed by atoms with Crippen molar-refractivity contribution >= 4 is 0 Å². The van der Waals surface area contributed by atoms with Gasteiger partial charge in [-0.25, -0.2) is 0 Å². The van der Waals surface area contributed by atoms with Crippen molar-refractivity contribution in [1.29, 1.82) is 0 Å². The van der Waals surface area contributed by atoms with E-state index < -0.39 is 48.8 Å². The van der Waals surface area contributed by atoms with Gasteiger partial charge in [-0.05, 0) is 24.9 Å². The molecule has 0 spiro atoms. The molecule has 14 heteroatoms. The van der Waals surface area contributed by atoms with Crippen molar-refractivity contribution < 1.29 is 38.6 Å². The third-order valence-corrected chi connectivity index (χ3v) is 4.85. The van der Waals surface area contributed by atoms with Crippen LogP contribution in [0, 0.1) is 0 Å². The van der Waals surface area contributed by atoms with Gasteiger partial charge in [0.2, 0.25) is 0 Å². The van der Waals surface area contributed by atoms with Crippen molar-refractivity contribution in [3.63, 3.8) is 0 Å². The molecule has 184 valence electrons. The highest BCUT2D eigenvalue weighted by atomic mass is 16.8. The number of azide groups is 2. The Morgan fingerprint density at radius 2 is 1.42 bits per heavy atom. The van der Waals surface area contributed by atoms with Gasteiger partial charge in [-0.1, -0.05) is 22.4 Å². The van der Waals surface area contributed by atoms with Crippen LogP contribution in [0.15, 0.2) is 35.5 Å². The first-order chi connectivity index (χ1) is 15.8. The Hall–Kier alpha value is -2.22. The van der Waals surface area contributed by atoms with E-state index in [0.29, 0.717) is 6.61 Å². The number of nitrogens with zero attached hydrogens (tertiary/aromatic N) is 6. The quantitative estimate of drug-likeness (QED) is 0.231. The average Bonchev–Trinajstić information content (AvgIpc) is 3.12. The fourth-order valence-corrected chi connectivity index (χ4v) is 3.44. The minimum Gasteiger partial charge on any atom is -0.390 e. The second-order valence-corrected chi connectivity index (χ2v) is 7.74. The number of ether oxygens (including phenoxy) is 6. The number of hydrogen-bond acceptors (Lipinski definition) is 10. The summed E-state index contributed by atoms with van der Waals surface area (Å²) in [5.41, 5.74) is 16.7. The van der Waals surface area contributed by atoms with E-state index in [1.807, 2.05) is 13.8 Å². The maximum absolute atomic E-state index is 9.54. The highest BCUT2D eigenvalue weighted by Gasteiger charge is 2.52. The van der Waals surface area contributed by atoms with Crippen LogP contribution in [0.25, 0.3) is 20.9 Å². The molecule has 0 radical (unpaired) electrons. The van der Waals surface area contributed by atoms with Crippen LogP contribution in [0.2, 0.25) is 0 Å². The molecule has 3 rings (SSSR count). The van der Waals surface area contributed by atoms with Crippen molar-refractivity contribution in [2.24, 2.45) is 10.2 Å². The molecule has 3 heterocycles. The summed E-state index contributed by atoms with van der Waals surface area (Å²) in [6, 6.07) is -1.18. The van der Waals surface area contributed by atoms with Gasteiger partial charge in [0.15, 0.2) is 18.4 Å². The second-order valence-electron chi connectivity index (χ2n) is 7.74. The Kier molecular flexibility index (Phi) is 10.5. The molecule has 0 saturated carbocycles. The highest BCUT2D eigenvalue weighted by molar-refractivity contribution is 4.96. The highest BCUT2D eigenvalue weighted by Crippen LogP contribution is 2.36. The molecule has 14 nitrogen and oxygen atoms in total. The van der Waals surface area contributed by atoms with Crippen LogP contribution in [0.4, 0.5) is 0 Å². The number of rotatable bonds is 8. The number of aliphatic hydroxyl groups excluding tert-OH is 2. The van der Waals surface area contributed by atoms with Gasteiger partial charge < -0.3 is 38.6 Å². The molecular weight excluding hydrogens is 440 g/mol. The van der Waals surface area contributed by atoms with Crippen LogP contribution in [-0.2, 0) is 28.4 Å². The lowest BCUT2D eigenvalue weighted by molar-refractivity contribution is -0.243. The molecule has 0 unspecified atom stereocenters. The maximum atomic E-state index is 9.54. The predicted octanol–water partition coefficient (Wildman–Crippen LogP) is 1.69. The minimum atomic E-state index is -1.23. The summed E-state index contributed by atoms with van der Waals surface area (Å²) >= 11 is 0. The molecule has 3 aliphatic heterocycles. The Bertz CT molecular complexity index is 757. The lowest BCUT2D eigenvalue weighted by Gasteiger charge is -2.35. The first-order valence-electron chi connectivity index (χ1n) is 10.3. The van der Waals surface area contributed by atoms with Crippen molar-refractivity contribution in [2.45, 2.75) is 68.7 Å². The Morgan fingerprint density at radius 3 is 2.03 bits per heavy atom. The second kappa shape index (κ2) is 12.9. The van der Waals surface area contributed by atoms with E-state index in [2.05, 4.69) is 33.2 Å². The first kappa shape index (κ1) is 27.0. The molecule has 0 aromatic carbocycles. The van der Waals surface area contributed by atoms with Crippen LogP contribution in [0.5, 0.6) is 0 Å². The van der Waals surface area contributed by atoms with Gasteiger partial charge in [0.05, 0.1) is 44.6 Å². The SMILES string of the molecule is C=CCO[C@H]1OC[C@H](N=[N+]=[N-])[C@@H]2OC(C)(C)O[C@H]12.C=CCO[C@H]1OC[C@H](N=[N+]=[N-])[C@H](O)[C@@H]1O. The maximum Gasteiger partial charge on any atom is 0.186 e. The molecule has 0 bridgehead atoms. The molecular formula is C19H30N6O8. The number of aliphatic hydroxyl groups is 2. The Labute approximate surface area is 190 Å². The van der Waals surface area contributed by atoms with Crippen molar-refractivity contribution in [3.8, 4) is 0 Å². The van der Waals surface area contributed by atoms with E-state index in [-0.39, 0.29) is 25.9 Å². The Morgan fingerprint density at radius 1 is 0.909 bits per heavy atom.